The first-order valence-electron chi connectivity index (χ1n) is 10.4. The molecule has 4 aromatic rings. The normalized spacial score (nSPS) is 16.2. The minimum Gasteiger partial charge on any atom is -0.355 e. The Hall–Kier alpha value is -3.98. The number of morpholine rings is 1. The molecule has 0 saturated carbocycles. The molecule has 1 aliphatic heterocycles. The van der Waals surface area contributed by atoms with Gasteiger partial charge in [0, 0.05) is 25.5 Å². The summed E-state index contributed by atoms with van der Waals surface area (Å²) in [7, 11) is 1.87. The number of benzene rings is 2. The van der Waals surface area contributed by atoms with E-state index in [2.05, 4.69) is 15.3 Å². The first-order chi connectivity index (χ1) is 15.7. The van der Waals surface area contributed by atoms with Gasteiger partial charge >= 0.3 is 6.03 Å². The molecule has 1 fully saturated rings. The number of likely N-dealkylation sites (N-methyl/N-ethyl adjacent to an activating group) is 1. The third kappa shape index (κ3) is 3.97. The van der Waals surface area contributed by atoms with E-state index >= 15 is 0 Å². The highest BCUT2D eigenvalue weighted by Gasteiger charge is 2.28. The molecule has 9 nitrogen and oxygen atoms in total. The second-order valence-electron chi connectivity index (χ2n) is 7.50. The van der Waals surface area contributed by atoms with E-state index in [9.17, 15) is 4.79 Å². The Morgan fingerprint density at radius 2 is 1.91 bits per heavy atom. The van der Waals surface area contributed by atoms with E-state index < -0.39 is 0 Å². The number of urea groups is 1. The Morgan fingerprint density at radius 1 is 1.09 bits per heavy atom. The van der Waals surface area contributed by atoms with Gasteiger partial charge < -0.3 is 19.9 Å². The summed E-state index contributed by atoms with van der Waals surface area (Å²) in [6.45, 7) is 1.35. The lowest BCUT2D eigenvalue weighted by atomic mass is 10.3. The average Bonchev–Trinajstić information content (AvgIpc) is 3.29. The number of carbonyl (C=O) groups is 1. The fourth-order valence-electron chi connectivity index (χ4n) is 3.69. The highest BCUT2D eigenvalue weighted by atomic mass is 16.5. The molecule has 0 aliphatic carbocycles. The Bertz CT molecular complexity index is 1230. The van der Waals surface area contributed by atoms with Gasteiger partial charge in [-0.3, -0.25) is 4.57 Å². The molecule has 32 heavy (non-hydrogen) atoms. The lowest BCUT2D eigenvalue weighted by Gasteiger charge is -2.37. The standard InChI is InChI=1S/C23H23N7O2/c1-28(21-15-29(13-14-32-21)23(31)26-17-7-3-2-4-8-17)22-24-12-11-20(27-22)30-16-25-18-9-5-6-10-19(18)30/h2-12,16,21H,13-15H2,1H3,(H,26,31). The lowest BCUT2D eigenvalue weighted by Crippen LogP contribution is -2.53. The maximum absolute atomic E-state index is 12.7. The maximum atomic E-state index is 12.7. The van der Waals surface area contributed by atoms with Gasteiger partial charge in [0.05, 0.1) is 24.2 Å². The number of hydrogen-bond donors (Lipinski definition) is 1. The van der Waals surface area contributed by atoms with Gasteiger partial charge in [-0.05, 0) is 30.3 Å². The first kappa shape index (κ1) is 20.0. The van der Waals surface area contributed by atoms with Gasteiger partial charge in [0.2, 0.25) is 5.95 Å². The lowest BCUT2D eigenvalue weighted by molar-refractivity contribution is -0.0113. The SMILES string of the molecule is CN(c1nccc(-n2cnc3ccccc32)n1)C1CN(C(=O)Nc2ccccc2)CCO1. The van der Waals surface area contributed by atoms with Crippen LogP contribution in [0.5, 0.6) is 0 Å². The summed E-state index contributed by atoms with van der Waals surface area (Å²) in [6.07, 6.45) is 3.11. The van der Waals surface area contributed by atoms with Crippen LogP contribution in [0.25, 0.3) is 16.9 Å². The number of para-hydroxylation sites is 3. The van der Waals surface area contributed by atoms with Crippen LogP contribution in [0.2, 0.25) is 0 Å². The number of carbonyl (C=O) groups excluding carboxylic acids is 1. The molecule has 162 valence electrons. The molecular formula is C23H23N7O2. The van der Waals surface area contributed by atoms with Crippen molar-refractivity contribution in [3.63, 3.8) is 0 Å². The summed E-state index contributed by atoms with van der Waals surface area (Å²) >= 11 is 0. The molecule has 1 saturated heterocycles. The highest BCUT2D eigenvalue weighted by Crippen LogP contribution is 2.20. The Kier molecular flexibility index (Phi) is 5.39. The van der Waals surface area contributed by atoms with Crippen LogP contribution in [0, 0.1) is 0 Å². The van der Waals surface area contributed by atoms with E-state index in [1.165, 1.54) is 0 Å². The predicted molar refractivity (Wildman–Crippen MR) is 122 cm³/mol. The molecule has 1 N–H and O–H groups in total. The Balaban J connectivity index is 1.32. The number of anilines is 2. The number of amides is 2. The van der Waals surface area contributed by atoms with Crippen molar-refractivity contribution in [2.45, 2.75) is 6.23 Å². The molecule has 2 amide bonds. The van der Waals surface area contributed by atoms with Crippen molar-refractivity contribution in [3.8, 4) is 5.82 Å². The Labute approximate surface area is 185 Å². The van der Waals surface area contributed by atoms with Gasteiger partial charge in [-0.2, -0.15) is 4.98 Å². The van der Waals surface area contributed by atoms with Crippen LogP contribution < -0.4 is 10.2 Å². The minimum absolute atomic E-state index is 0.155. The topological polar surface area (TPSA) is 88.4 Å². The first-order valence-corrected chi connectivity index (χ1v) is 10.4. The number of nitrogens with one attached hydrogen (secondary N) is 1. The highest BCUT2D eigenvalue weighted by molar-refractivity contribution is 5.89. The zero-order valence-corrected chi connectivity index (χ0v) is 17.6. The van der Waals surface area contributed by atoms with E-state index in [0.29, 0.717) is 31.5 Å². The smallest absolute Gasteiger partial charge is 0.322 e. The van der Waals surface area contributed by atoms with E-state index in [1.54, 1.807) is 17.4 Å². The van der Waals surface area contributed by atoms with Crippen LogP contribution >= 0.6 is 0 Å². The molecule has 2 aromatic heterocycles. The van der Waals surface area contributed by atoms with Crippen molar-refractivity contribution < 1.29 is 9.53 Å². The molecule has 5 rings (SSSR count). The van der Waals surface area contributed by atoms with Crippen molar-refractivity contribution in [1.82, 2.24) is 24.4 Å². The van der Waals surface area contributed by atoms with Gasteiger partial charge in [-0.1, -0.05) is 30.3 Å². The van der Waals surface area contributed by atoms with Crippen LogP contribution in [-0.2, 0) is 4.74 Å². The zero-order valence-electron chi connectivity index (χ0n) is 17.6. The second-order valence-corrected chi connectivity index (χ2v) is 7.50. The third-order valence-electron chi connectivity index (χ3n) is 5.44. The predicted octanol–water partition coefficient (Wildman–Crippen LogP) is 3.14. The summed E-state index contributed by atoms with van der Waals surface area (Å²) in [6, 6.07) is 19.0. The molecule has 0 radical (unpaired) electrons. The second kappa shape index (κ2) is 8.64. The molecule has 3 heterocycles. The van der Waals surface area contributed by atoms with Crippen molar-refractivity contribution in [2.24, 2.45) is 0 Å². The quantitative estimate of drug-likeness (QED) is 0.536. The van der Waals surface area contributed by atoms with E-state index in [4.69, 9.17) is 9.72 Å². The number of imidazole rings is 1. The fourth-order valence-corrected chi connectivity index (χ4v) is 3.69. The zero-order chi connectivity index (χ0) is 21.9. The molecule has 9 heteroatoms. The van der Waals surface area contributed by atoms with Gasteiger partial charge in [-0.15, -0.1) is 0 Å². The molecule has 1 aliphatic rings. The average molecular weight is 429 g/mol. The van der Waals surface area contributed by atoms with Gasteiger partial charge in [0.25, 0.3) is 0 Å². The van der Waals surface area contributed by atoms with E-state index in [0.717, 1.165) is 16.7 Å². The van der Waals surface area contributed by atoms with Gasteiger partial charge in [0.15, 0.2) is 0 Å². The number of fused-ring (bicyclic) bond motifs is 1. The summed E-state index contributed by atoms with van der Waals surface area (Å²) in [5.74, 6) is 1.22. The van der Waals surface area contributed by atoms with Gasteiger partial charge in [0.1, 0.15) is 18.4 Å². The largest absolute Gasteiger partial charge is 0.355 e. The third-order valence-corrected chi connectivity index (χ3v) is 5.44. The summed E-state index contributed by atoms with van der Waals surface area (Å²) in [5, 5.41) is 2.93. The molecule has 0 bridgehead atoms. The number of nitrogens with zero attached hydrogens (tertiary/aromatic N) is 6. The maximum Gasteiger partial charge on any atom is 0.322 e. The van der Waals surface area contributed by atoms with Crippen LogP contribution in [0.4, 0.5) is 16.4 Å². The van der Waals surface area contributed by atoms with E-state index in [1.807, 2.05) is 77.2 Å². The monoisotopic (exact) mass is 429 g/mol. The number of hydrogen-bond acceptors (Lipinski definition) is 6. The van der Waals surface area contributed by atoms with Crippen molar-refractivity contribution in [1.29, 1.82) is 0 Å². The fraction of sp³-hybridized carbons (Fsp3) is 0.217. The van der Waals surface area contributed by atoms with Crippen LogP contribution in [0.15, 0.2) is 73.2 Å². The summed E-state index contributed by atoms with van der Waals surface area (Å²) in [5.41, 5.74) is 2.63. The minimum atomic E-state index is -0.361. The van der Waals surface area contributed by atoms with Crippen molar-refractivity contribution >= 4 is 28.7 Å². The van der Waals surface area contributed by atoms with Crippen LogP contribution in [-0.4, -0.2) is 63.4 Å². The number of ether oxygens (including phenoxy) is 1. The van der Waals surface area contributed by atoms with E-state index in [-0.39, 0.29) is 12.3 Å². The molecule has 1 atom stereocenters. The molecule has 1 unspecified atom stereocenters. The van der Waals surface area contributed by atoms with Crippen LogP contribution in [0.1, 0.15) is 0 Å². The summed E-state index contributed by atoms with van der Waals surface area (Å²) in [4.78, 5) is 29.9. The molecular weight excluding hydrogens is 406 g/mol. The van der Waals surface area contributed by atoms with Crippen LogP contribution in [0.3, 0.4) is 0 Å². The van der Waals surface area contributed by atoms with Crippen molar-refractivity contribution in [3.05, 3.63) is 73.2 Å². The van der Waals surface area contributed by atoms with Gasteiger partial charge in [-0.25, -0.2) is 14.8 Å². The number of aromatic nitrogens is 4. The molecule has 2 aromatic carbocycles. The summed E-state index contributed by atoms with van der Waals surface area (Å²) < 4.78 is 7.86. The van der Waals surface area contributed by atoms with Crippen molar-refractivity contribution in [2.75, 3.05) is 37.0 Å². The molecule has 0 spiro atoms. The number of rotatable bonds is 4. The Morgan fingerprint density at radius 3 is 2.78 bits per heavy atom.